The van der Waals surface area contributed by atoms with Crippen molar-refractivity contribution in [1.82, 2.24) is 24.8 Å². The summed E-state index contributed by atoms with van der Waals surface area (Å²) in [7, 11) is 3.72. The van der Waals surface area contributed by atoms with Gasteiger partial charge in [-0.15, -0.1) is 0 Å². The quantitative estimate of drug-likeness (QED) is 0.518. The third kappa shape index (κ3) is 4.86. The average molecular weight is 421 g/mol. The number of rotatable bonds is 8. The highest BCUT2D eigenvalue weighted by Crippen LogP contribution is 2.28. The Hall–Kier alpha value is -2.97. The number of fused-ring (bicyclic) bond motifs is 2. The van der Waals surface area contributed by atoms with Crippen LogP contribution in [0.1, 0.15) is 35.5 Å². The molecule has 8 nitrogen and oxygen atoms in total. The summed E-state index contributed by atoms with van der Waals surface area (Å²) < 4.78 is 5.15. The lowest BCUT2D eigenvalue weighted by Crippen LogP contribution is -2.38. The second kappa shape index (κ2) is 9.45. The maximum atomic E-state index is 12.5. The molecule has 162 valence electrons. The van der Waals surface area contributed by atoms with Crippen LogP contribution in [-0.2, 0) is 29.0 Å². The number of ether oxygens (including phenoxy) is 1. The fraction of sp³-hybridized carbons (Fsp3) is 0.435. The first-order chi connectivity index (χ1) is 15.0. The van der Waals surface area contributed by atoms with Gasteiger partial charge in [-0.3, -0.25) is 24.6 Å². The molecule has 2 aromatic heterocycles. The minimum absolute atomic E-state index is 0.123. The van der Waals surface area contributed by atoms with Crippen molar-refractivity contribution < 1.29 is 9.53 Å². The number of hydrogen-bond acceptors (Lipinski definition) is 7. The summed E-state index contributed by atoms with van der Waals surface area (Å²) in [5.74, 6) is 1.62. The number of carbonyl (C=O) groups is 1. The number of methoxy groups -OCH3 is 1. The van der Waals surface area contributed by atoms with Crippen LogP contribution >= 0.6 is 0 Å². The fourth-order valence-electron chi connectivity index (χ4n) is 4.02. The van der Waals surface area contributed by atoms with Crippen LogP contribution in [0.3, 0.4) is 0 Å². The van der Waals surface area contributed by atoms with Crippen molar-refractivity contribution in [1.29, 1.82) is 0 Å². The van der Waals surface area contributed by atoms with Gasteiger partial charge in [-0.1, -0.05) is 6.07 Å². The van der Waals surface area contributed by atoms with E-state index in [0.29, 0.717) is 32.5 Å². The molecule has 0 atom stereocenters. The largest absolute Gasteiger partial charge is 0.385 e. The van der Waals surface area contributed by atoms with Gasteiger partial charge in [-0.2, -0.15) is 0 Å². The molecule has 0 spiro atoms. The molecule has 0 unspecified atom stereocenters. The Kier molecular flexibility index (Phi) is 6.48. The third-order valence-corrected chi connectivity index (χ3v) is 5.51. The lowest BCUT2D eigenvalue weighted by atomic mass is 10.0. The topological polar surface area (TPSA) is 84.3 Å². The Balaban J connectivity index is 1.51. The monoisotopic (exact) mass is 420 g/mol. The second-order valence-electron chi connectivity index (χ2n) is 7.97. The number of benzene rings is 1. The summed E-state index contributed by atoms with van der Waals surface area (Å²) in [5, 5.41) is 0. The molecule has 1 aliphatic rings. The van der Waals surface area contributed by atoms with Crippen molar-refractivity contribution >= 4 is 22.8 Å². The smallest absolute Gasteiger partial charge is 0.228 e. The highest BCUT2D eigenvalue weighted by molar-refractivity contribution is 5.95. The number of aromatic nitrogens is 4. The molecule has 8 heteroatoms. The molecule has 4 rings (SSSR count). The number of aryl methyl sites for hydroxylation is 1. The summed E-state index contributed by atoms with van der Waals surface area (Å²) in [6, 6.07) is 6.13. The van der Waals surface area contributed by atoms with Gasteiger partial charge in [0.1, 0.15) is 11.6 Å². The zero-order valence-corrected chi connectivity index (χ0v) is 18.3. The van der Waals surface area contributed by atoms with Crippen molar-refractivity contribution in [2.75, 3.05) is 32.2 Å². The van der Waals surface area contributed by atoms with E-state index in [4.69, 9.17) is 14.7 Å². The van der Waals surface area contributed by atoms with E-state index in [2.05, 4.69) is 27.0 Å². The molecule has 31 heavy (non-hydrogen) atoms. The zero-order valence-electron chi connectivity index (χ0n) is 18.3. The third-order valence-electron chi connectivity index (χ3n) is 5.51. The molecular weight excluding hydrogens is 392 g/mol. The van der Waals surface area contributed by atoms with E-state index in [1.54, 1.807) is 24.4 Å². The molecule has 0 N–H and O–H groups in total. The Bertz CT molecular complexity index is 1090. The van der Waals surface area contributed by atoms with Crippen molar-refractivity contribution in [3.8, 4) is 0 Å². The van der Waals surface area contributed by atoms with Gasteiger partial charge in [-0.25, -0.2) is 9.97 Å². The minimum atomic E-state index is 0.123. The average Bonchev–Trinajstić information content (AvgIpc) is 2.75. The zero-order chi connectivity index (χ0) is 21.8. The summed E-state index contributed by atoms with van der Waals surface area (Å²) >= 11 is 0. The highest BCUT2D eigenvalue weighted by Gasteiger charge is 2.27. The summed E-state index contributed by atoms with van der Waals surface area (Å²) in [5.41, 5.74) is 4.97. The Morgan fingerprint density at radius 3 is 2.71 bits per heavy atom. The normalized spacial score (nSPS) is 13.8. The number of anilines is 1. The van der Waals surface area contributed by atoms with E-state index in [9.17, 15) is 4.79 Å². The number of nitrogens with zero attached hydrogens (tertiary/aromatic N) is 6. The maximum absolute atomic E-state index is 12.5. The van der Waals surface area contributed by atoms with Crippen LogP contribution in [0.4, 0.5) is 5.82 Å². The Morgan fingerprint density at radius 2 is 1.90 bits per heavy atom. The van der Waals surface area contributed by atoms with Gasteiger partial charge in [0, 0.05) is 56.9 Å². The molecule has 1 aromatic carbocycles. The summed E-state index contributed by atoms with van der Waals surface area (Å²) in [4.78, 5) is 34.8. The lowest BCUT2D eigenvalue weighted by Gasteiger charge is -2.29. The molecule has 0 saturated heterocycles. The molecule has 0 aliphatic carbocycles. The van der Waals surface area contributed by atoms with E-state index in [1.807, 2.05) is 20.0 Å². The van der Waals surface area contributed by atoms with Gasteiger partial charge in [0.25, 0.3) is 0 Å². The van der Waals surface area contributed by atoms with Crippen LogP contribution in [0, 0.1) is 6.92 Å². The summed E-state index contributed by atoms with van der Waals surface area (Å²) in [6.45, 7) is 4.57. The maximum Gasteiger partial charge on any atom is 0.228 e. The Morgan fingerprint density at radius 1 is 1.10 bits per heavy atom. The fourth-order valence-corrected chi connectivity index (χ4v) is 4.02. The van der Waals surface area contributed by atoms with Gasteiger partial charge >= 0.3 is 0 Å². The molecule has 0 bridgehead atoms. The number of carbonyl (C=O) groups excluding carboxylic acids is 1. The van der Waals surface area contributed by atoms with Crippen molar-refractivity contribution in [2.24, 2.45) is 0 Å². The van der Waals surface area contributed by atoms with Gasteiger partial charge in [0.15, 0.2) is 0 Å². The Labute approximate surface area is 182 Å². The summed E-state index contributed by atoms with van der Waals surface area (Å²) in [6.07, 6.45) is 5.40. The van der Waals surface area contributed by atoms with Crippen LogP contribution in [0.25, 0.3) is 11.0 Å². The predicted molar refractivity (Wildman–Crippen MR) is 119 cm³/mol. The van der Waals surface area contributed by atoms with E-state index >= 15 is 0 Å². The van der Waals surface area contributed by atoms with Crippen LogP contribution in [0.2, 0.25) is 0 Å². The first-order valence-electron chi connectivity index (χ1n) is 10.6. The highest BCUT2D eigenvalue weighted by atomic mass is 16.5. The van der Waals surface area contributed by atoms with Crippen LogP contribution in [-0.4, -0.2) is 58.1 Å². The second-order valence-corrected chi connectivity index (χ2v) is 7.97. The van der Waals surface area contributed by atoms with Crippen molar-refractivity contribution in [2.45, 2.75) is 39.3 Å². The standard InChI is InChI=1S/C23H28N6O2/c1-16-18-6-8-22(30)29(11-4-12-31-3)23(18)27-21(26-16)15-28(2)14-17-5-7-19-20(13-17)25-10-9-24-19/h5,7,9-10,13H,4,6,8,11-12,14-15H2,1-3H3. The predicted octanol–water partition coefficient (Wildman–Crippen LogP) is 2.68. The van der Waals surface area contributed by atoms with Crippen LogP contribution in [0.5, 0.6) is 0 Å². The molecule has 0 saturated carbocycles. The first-order valence-corrected chi connectivity index (χ1v) is 10.6. The minimum Gasteiger partial charge on any atom is -0.385 e. The van der Waals surface area contributed by atoms with Crippen molar-refractivity contribution in [3.63, 3.8) is 0 Å². The lowest BCUT2D eigenvalue weighted by molar-refractivity contribution is -0.119. The van der Waals surface area contributed by atoms with E-state index in [0.717, 1.165) is 52.5 Å². The molecule has 1 aliphatic heterocycles. The van der Waals surface area contributed by atoms with E-state index < -0.39 is 0 Å². The number of amides is 1. The molecule has 0 fully saturated rings. The van der Waals surface area contributed by atoms with Crippen molar-refractivity contribution in [3.05, 3.63) is 53.2 Å². The molecule has 3 heterocycles. The van der Waals surface area contributed by atoms with Gasteiger partial charge < -0.3 is 4.74 Å². The van der Waals surface area contributed by atoms with E-state index in [1.165, 1.54) is 0 Å². The van der Waals surface area contributed by atoms with Gasteiger partial charge in [0.2, 0.25) is 5.91 Å². The first kappa shape index (κ1) is 21.3. The molecule has 1 amide bonds. The molecule has 3 aromatic rings. The van der Waals surface area contributed by atoms with Crippen LogP contribution < -0.4 is 4.90 Å². The van der Waals surface area contributed by atoms with Crippen LogP contribution in [0.15, 0.2) is 30.6 Å². The SMILES string of the molecule is COCCCN1C(=O)CCc2c(C)nc(CN(C)Cc3ccc4nccnc4c3)nc21. The van der Waals surface area contributed by atoms with E-state index in [-0.39, 0.29) is 5.91 Å². The molecular formula is C23H28N6O2. The number of hydrogen-bond donors (Lipinski definition) is 0. The van der Waals surface area contributed by atoms with Gasteiger partial charge in [0.05, 0.1) is 17.6 Å². The molecule has 0 radical (unpaired) electrons. The van der Waals surface area contributed by atoms with Gasteiger partial charge in [-0.05, 0) is 44.5 Å².